The van der Waals surface area contributed by atoms with Crippen molar-refractivity contribution in [3.8, 4) is 0 Å². The first-order valence-electron chi connectivity index (χ1n) is 3.33. The van der Waals surface area contributed by atoms with Crippen molar-refractivity contribution < 1.29 is 14.6 Å². The zero-order valence-electron chi connectivity index (χ0n) is 5.36. The van der Waals surface area contributed by atoms with Gasteiger partial charge in [-0.15, -0.1) is 0 Å². The number of fused-ring (bicyclic) bond motifs is 1. The lowest BCUT2D eigenvalue weighted by Gasteiger charge is -2.10. The van der Waals surface area contributed by atoms with Crippen LogP contribution in [0.1, 0.15) is 6.42 Å². The summed E-state index contributed by atoms with van der Waals surface area (Å²) in [7, 11) is 0. The summed E-state index contributed by atoms with van der Waals surface area (Å²) in [6, 6.07) is 0. The maximum atomic E-state index is 10.6. The minimum absolute atomic E-state index is 0.127. The minimum atomic E-state index is -0.573. The number of aliphatic hydroxyl groups is 1. The van der Waals surface area contributed by atoms with Crippen LogP contribution in [0, 0.1) is 5.92 Å². The van der Waals surface area contributed by atoms with Crippen LogP contribution in [0.5, 0.6) is 0 Å². The fourth-order valence-electron chi connectivity index (χ4n) is 1.46. The van der Waals surface area contributed by atoms with Gasteiger partial charge in [-0.1, -0.05) is 12.2 Å². The molecule has 10 heavy (non-hydrogen) atoms. The standard InChI is InChI=1S/C7H8O3/c8-5-2-1-4-3-6(9)10-7(4)5/h1-2,4-5,7-8H,3H2/t4-,5-,7+/m0/s1. The molecule has 1 aliphatic carbocycles. The van der Waals surface area contributed by atoms with Crippen molar-refractivity contribution in [2.45, 2.75) is 18.6 Å². The maximum absolute atomic E-state index is 10.6. The molecular formula is C7H8O3. The van der Waals surface area contributed by atoms with Crippen LogP contribution >= 0.6 is 0 Å². The van der Waals surface area contributed by atoms with Gasteiger partial charge in [0.15, 0.2) is 0 Å². The van der Waals surface area contributed by atoms with Gasteiger partial charge in [-0.25, -0.2) is 0 Å². The zero-order chi connectivity index (χ0) is 7.14. The summed E-state index contributed by atoms with van der Waals surface area (Å²) in [6.07, 6.45) is 3.10. The Kier molecular flexibility index (Phi) is 1.08. The van der Waals surface area contributed by atoms with E-state index in [1.807, 2.05) is 6.08 Å². The van der Waals surface area contributed by atoms with E-state index in [0.717, 1.165) is 0 Å². The molecule has 3 nitrogen and oxygen atoms in total. The normalized spacial score (nSPS) is 43.7. The molecule has 0 amide bonds. The molecule has 1 heterocycles. The smallest absolute Gasteiger partial charge is 0.306 e. The van der Waals surface area contributed by atoms with Crippen LogP contribution in [0.3, 0.4) is 0 Å². The van der Waals surface area contributed by atoms with Gasteiger partial charge in [-0.2, -0.15) is 0 Å². The van der Waals surface area contributed by atoms with Gasteiger partial charge in [0.1, 0.15) is 12.2 Å². The third-order valence-corrected chi connectivity index (χ3v) is 1.98. The van der Waals surface area contributed by atoms with Gasteiger partial charge < -0.3 is 9.84 Å². The molecule has 0 aromatic heterocycles. The average molecular weight is 140 g/mol. The molecule has 54 valence electrons. The molecule has 3 atom stereocenters. The third-order valence-electron chi connectivity index (χ3n) is 1.98. The van der Waals surface area contributed by atoms with E-state index in [2.05, 4.69) is 0 Å². The molecule has 0 spiro atoms. The predicted octanol–water partition coefficient (Wildman–Crippen LogP) is -0.151. The Morgan fingerprint density at radius 3 is 3.10 bits per heavy atom. The van der Waals surface area contributed by atoms with Gasteiger partial charge in [-0.3, -0.25) is 4.79 Å². The van der Waals surface area contributed by atoms with E-state index in [1.165, 1.54) is 0 Å². The van der Waals surface area contributed by atoms with Crippen molar-refractivity contribution >= 4 is 5.97 Å². The molecule has 1 saturated heterocycles. The molecule has 0 aromatic carbocycles. The van der Waals surface area contributed by atoms with Gasteiger partial charge >= 0.3 is 5.97 Å². The molecular weight excluding hydrogens is 132 g/mol. The number of esters is 1. The molecule has 0 radical (unpaired) electrons. The lowest BCUT2D eigenvalue weighted by atomic mass is 10.1. The summed E-state index contributed by atoms with van der Waals surface area (Å²) < 4.78 is 4.85. The van der Waals surface area contributed by atoms with Crippen molar-refractivity contribution in [3.05, 3.63) is 12.2 Å². The van der Waals surface area contributed by atoms with Crippen molar-refractivity contribution in [3.63, 3.8) is 0 Å². The summed E-state index contributed by atoms with van der Waals surface area (Å²) >= 11 is 0. The summed E-state index contributed by atoms with van der Waals surface area (Å²) in [6.45, 7) is 0. The van der Waals surface area contributed by atoms with Crippen molar-refractivity contribution in [2.75, 3.05) is 0 Å². The molecule has 2 aliphatic rings. The van der Waals surface area contributed by atoms with Crippen molar-refractivity contribution in [1.29, 1.82) is 0 Å². The molecule has 0 saturated carbocycles. The van der Waals surface area contributed by atoms with Crippen molar-refractivity contribution in [2.24, 2.45) is 5.92 Å². The van der Waals surface area contributed by atoms with Crippen LogP contribution in [-0.2, 0) is 9.53 Å². The maximum Gasteiger partial charge on any atom is 0.306 e. The van der Waals surface area contributed by atoms with Crippen LogP contribution in [0.4, 0.5) is 0 Å². The largest absolute Gasteiger partial charge is 0.459 e. The highest BCUT2D eigenvalue weighted by molar-refractivity contribution is 5.73. The van der Waals surface area contributed by atoms with Crippen LogP contribution in [-0.4, -0.2) is 23.3 Å². The average Bonchev–Trinajstić information content (AvgIpc) is 2.35. The highest BCUT2D eigenvalue weighted by Gasteiger charge is 2.40. The van der Waals surface area contributed by atoms with E-state index < -0.39 is 6.10 Å². The van der Waals surface area contributed by atoms with E-state index in [9.17, 15) is 4.79 Å². The lowest BCUT2D eigenvalue weighted by molar-refractivity contribution is -0.144. The quantitative estimate of drug-likeness (QED) is 0.376. The molecule has 1 N–H and O–H groups in total. The van der Waals surface area contributed by atoms with Crippen LogP contribution in [0.25, 0.3) is 0 Å². The Morgan fingerprint density at radius 1 is 1.60 bits per heavy atom. The topological polar surface area (TPSA) is 46.5 Å². The highest BCUT2D eigenvalue weighted by Crippen LogP contribution is 2.31. The fraction of sp³-hybridized carbons (Fsp3) is 0.571. The first-order valence-corrected chi connectivity index (χ1v) is 3.33. The van der Waals surface area contributed by atoms with E-state index >= 15 is 0 Å². The summed E-state index contributed by atoms with van der Waals surface area (Å²) in [4.78, 5) is 10.6. The highest BCUT2D eigenvalue weighted by atomic mass is 16.6. The minimum Gasteiger partial charge on any atom is -0.459 e. The molecule has 0 unspecified atom stereocenters. The van der Waals surface area contributed by atoms with Crippen LogP contribution in [0.15, 0.2) is 12.2 Å². The molecule has 0 bridgehead atoms. The monoisotopic (exact) mass is 140 g/mol. The molecule has 1 aliphatic heterocycles. The van der Waals surface area contributed by atoms with Gasteiger partial charge in [0, 0.05) is 5.92 Å². The van der Waals surface area contributed by atoms with E-state index in [4.69, 9.17) is 9.84 Å². The molecule has 1 fully saturated rings. The Labute approximate surface area is 58.3 Å². The molecule has 2 rings (SSSR count). The van der Waals surface area contributed by atoms with Crippen LogP contribution < -0.4 is 0 Å². The van der Waals surface area contributed by atoms with Crippen LogP contribution in [0.2, 0.25) is 0 Å². The zero-order valence-corrected chi connectivity index (χ0v) is 5.36. The predicted molar refractivity (Wildman–Crippen MR) is 33.1 cm³/mol. The first kappa shape index (κ1) is 5.92. The Hall–Kier alpha value is -0.830. The number of rotatable bonds is 0. The van der Waals surface area contributed by atoms with Gasteiger partial charge in [0.2, 0.25) is 0 Å². The Bertz CT molecular complexity index is 197. The van der Waals surface area contributed by atoms with Gasteiger partial charge in [-0.05, 0) is 0 Å². The number of carbonyl (C=O) groups excluding carboxylic acids is 1. The second kappa shape index (κ2) is 1.83. The number of hydrogen-bond donors (Lipinski definition) is 1. The Balaban J connectivity index is 2.19. The second-order valence-corrected chi connectivity index (χ2v) is 2.70. The third kappa shape index (κ3) is 0.671. The summed E-state index contributed by atoms with van der Waals surface area (Å²) in [5, 5.41) is 9.15. The van der Waals surface area contributed by atoms with Gasteiger partial charge in [0.25, 0.3) is 0 Å². The second-order valence-electron chi connectivity index (χ2n) is 2.70. The summed E-state index contributed by atoms with van der Waals surface area (Å²) in [5.41, 5.74) is 0. The number of ether oxygens (including phenoxy) is 1. The van der Waals surface area contributed by atoms with E-state index in [-0.39, 0.29) is 18.0 Å². The lowest BCUT2D eigenvalue weighted by Crippen LogP contribution is -2.23. The fourth-order valence-corrected chi connectivity index (χ4v) is 1.46. The van der Waals surface area contributed by atoms with E-state index in [0.29, 0.717) is 6.42 Å². The van der Waals surface area contributed by atoms with Crippen molar-refractivity contribution in [1.82, 2.24) is 0 Å². The number of aliphatic hydroxyl groups excluding tert-OH is 1. The first-order chi connectivity index (χ1) is 4.77. The number of carbonyl (C=O) groups is 1. The Morgan fingerprint density at radius 2 is 2.40 bits per heavy atom. The summed E-state index contributed by atoms with van der Waals surface area (Å²) in [5.74, 6) is -0.0686. The SMILES string of the molecule is O=C1C[C@@H]2C=C[C@H](O)[C@@H]2O1. The number of hydrogen-bond acceptors (Lipinski definition) is 3. The molecule has 0 aromatic rings. The van der Waals surface area contributed by atoms with Gasteiger partial charge in [0.05, 0.1) is 6.42 Å². The van der Waals surface area contributed by atoms with E-state index in [1.54, 1.807) is 6.08 Å². The molecule has 3 heteroatoms.